The third-order valence-corrected chi connectivity index (χ3v) is 2.56. The van der Waals surface area contributed by atoms with Crippen LogP contribution in [0.3, 0.4) is 0 Å². The van der Waals surface area contributed by atoms with Crippen LogP contribution in [0.15, 0.2) is 22.7 Å². The Morgan fingerprint density at radius 2 is 2.14 bits per heavy atom. The zero-order chi connectivity index (χ0) is 9.97. The maximum Gasteiger partial charge on any atom is 0.231 e. The Bertz CT molecular complexity index is 377. The van der Waals surface area contributed by atoms with Crippen molar-refractivity contribution in [2.24, 2.45) is 5.73 Å². The van der Waals surface area contributed by atoms with Gasteiger partial charge in [0.25, 0.3) is 0 Å². The molecule has 0 unspecified atom stereocenters. The van der Waals surface area contributed by atoms with Crippen LogP contribution in [0, 0.1) is 0 Å². The molecule has 0 saturated heterocycles. The molecule has 74 valence electrons. The molecule has 0 aromatic heterocycles. The number of hydrogen-bond donors (Lipinski definition) is 1. The first-order chi connectivity index (χ1) is 6.83. The third kappa shape index (κ3) is 1.63. The maximum atomic E-state index is 5.38. The maximum absolute atomic E-state index is 5.38. The number of fused-ring (bicyclic) bond motifs is 1. The molecule has 3 nitrogen and oxygen atoms in total. The summed E-state index contributed by atoms with van der Waals surface area (Å²) in [5, 5.41) is 0. The zero-order valence-electron chi connectivity index (χ0n) is 7.50. The van der Waals surface area contributed by atoms with Crippen LogP contribution in [-0.2, 0) is 0 Å². The van der Waals surface area contributed by atoms with E-state index in [1.165, 1.54) is 0 Å². The van der Waals surface area contributed by atoms with E-state index in [2.05, 4.69) is 15.9 Å². The van der Waals surface area contributed by atoms with E-state index in [0.29, 0.717) is 6.54 Å². The lowest BCUT2D eigenvalue weighted by Crippen LogP contribution is -1.94. The van der Waals surface area contributed by atoms with Gasteiger partial charge in [-0.3, -0.25) is 0 Å². The van der Waals surface area contributed by atoms with Crippen molar-refractivity contribution in [1.82, 2.24) is 0 Å². The van der Waals surface area contributed by atoms with E-state index >= 15 is 0 Å². The van der Waals surface area contributed by atoms with E-state index in [4.69, 9.17) is 15.2 Å². The summed E-state index contributed by atoms with van der Waals surface area (Å²) >= 11 is 3.40. The number of halogens is 1. The van der Waals surface area contributed by atoms with Crippen LogP contribution in [0.4, 0.5) is 0 Å². The molecule has 1 aromatic carbocycles. The number of nitrogens with two attached hydrogens (primary N) is 1. The molecule has 1 aromatic rings. The SMILES string of the molecule is NC/C=C/c1ccc(Br)c2c1OCO2. The second-order valence-corrected chi connectivity index (χ2v) is 3.69. The van der Waals surface area contributed by atoms with Crippen LogP contribution in [0.25, 0.3) is 6.08 Å². The van der Waals surface area contributed by atoms with Crippen LogP contribution in [0.2, 0.25) is 0 Å². The largest absolute Gasteiger partial charge is 0.453 e. The van der Waals surface area contributed by atoms with Crippen molar-refractivity contribution in [1.29, 1.82) is 0 Å². The fourth-order valence-corrected chi connectivity index (χ4v) is 1.74. The first-order valence-electron chi connectivity index (χ1n) is 4.27. The fourth-order valence-electron chi connectivity index (χ4n) is 1.31. The lowest BCUT2D eigenvalue weighted by atomic mass is 10.1. The molecule has 2 N–H and O–H groups in total. The van der Waals surface area contributed by atoms with E-state index in [0.717, 1.165) is 21.5 Å². The predicted octanol–water partition coefficient (Wildman–Crippen LogP) is 2.15. The van der Waals surface area contributed by atoms with Crippen molar-refractivity contribution in [3.05, 3.63) is 28.2 Å². The average Bonchev–Trinajstić information content (AvgIpc) is 2.66. The molecule has 4 heteroatoms. The molecule has 2 rings (SSSR count). The molecule has 0 amide bonds. The topological polar surface area (TPSA) is 44.5 Å². The molecule has 0 fully saturated rings. The van der Waals surface area contributed by atoms with Gasteiger partial charge in [0.15, 0.2) is 11.5 Å². The lowest BCUT2D eigenvalue weighted by Gasteiger charge is -2.02. The molecule has 0 radical (unpaired) electrons. The Balaban J connectivity index is 2.43. The molecule has 14 heavy (non-hydrogen) atoms. The van der Waals surface area contributed by atoms with Crippen molar-refractivity contribution in [2.45, 2.75) is 0 Å². The van der Waals surface area contributed by atoms with Crippen molar-refractivity contribution in [2.75, 3.05) is 13.3 Å². The van der Waals surface area contributed by atoms with E-state index in [9.17, 15) is 0 Å². The first kappa shape index (κ1) is 9.55. The summed E-state index contributed by atoms with van der Waals surface area (Å²) in [6, 6.07) is 3.90. The predicted molar refractivity (Wildman–Crippen MR) is 58.4 cm³/mol. The lowest BCUT2D eigenvalue weighted by molar-refractivity contribution is 0.173. The van der Waals surface area contributed by atoms with Gasteiger partial charge in [0, 0.05) is 12.1 Å². The Hall–Kier alpha value is -1.00. The van der Waals surface area contributed by atoms with E-state index in [-0.39, 0.29) is 6.79 Å². The zero-order valence-corrected chi connectivity index (χ0v) is 9.08. The summed E-state index contributed by atoms with van der Waals surface area (Å²) in [5.74, 6) is 1.55. The minimum atomic E-state index is 0.279. The second kappa shape index (κ2) is 4.02. The van der Waals surface area contributed by atoms with E-state index in [1.807, 2.05) is 24.3 Å². The van der Waals surface area contributed by atoms with Gasteiger partial charge in [-0.05, 0) is 28.1 Å². The molecule has 0 bridgehead atoms. The molecule has 0 atom stereocenters. The first-order valence-corrected chi connectivity index (χ1v) is 5.07. The third-order valence-electron chi connectivity index (χ3n) is 1.93. The smallest absolute Gasteiger partial charge is 0.231 e. The van der Waals surface area contributed by atoms with Gasteiger partial charge in [-0.2, -0.15) is 0 Å². The summed E-state index contributed by atoms with van der Waals surface area (Å²) in [4.78, 5) is 0. The molecule has 1 aliphatic rings. The molecular weight excluding hydrogens is 246 g/mol. The molecule has 1 heterocycles. The molecule has 0 aliphatic carbocycles. The quantitative estimate of drug-likeness (QED) is 0.881. The van der Waals surface area contributed by atoms with Gasteiger partial charge in [0.1, 0.15) is 0 Å². The monoisotopic (exact) mass is 255 g/mol. The van der Waals surface area contributed by atoms with Gasteiger partial charge < -0.3 is 15.2 Å². The van der Waals surface area contributed by atoms with Crippen molar-refractivity contribution < 1.29 is 9.47 Å². The number of benzene rings is 1. The number of rotatable bonds is 2. The average molecular weight is 256 g/mol. The Labute approximate surface area is 90.6 Å². The van der Waals surface area contributed by atoms with Crippen LogP contribution in [-0.4, -0.2) is 13.3 Å². The van der Waals surface area contributed by atoms with Gasteiger partial charge in [0.05, 0.1) is 4.47 Å². The minimum Gasteiger partial charge on any atom is -0.453 e. The highest BCUT2D eigenvalue weighted by Crippen LogP contribution is 2.42. The fraction of sp³-hybridized carbons (Fsp3) is 0.200. The summed E-state index contributed by atoms with van der Waals surface area (Å²) in [6.07, 6.45) is 3.81. The normalized spacial score (nSPS) is 13.9. The van der Waals surface area contributed by atoms with Crippen LogP contribution in [0.5, 0.6) is 11.5 Å². The van der Waals surface area contributed by atoms with Crippen molar-refractivity contribution in [3.8, 4) is 11.5 Å². The highest BCUT2D eigenvalue weighted by molar-refractivity contribution is 9.10. The molecular formula is C10H10BrNO2. The molecule has 1 aliphatic heterocycles. The van der Waals surface area contributed by atoms with Gasteiger partial charge >= 0.3 is 0 Å². The van der Waals surface area contributed by atoms with Gasteiger partial charge in [-0.25, -0.2) is 0 Å². The van der Waals surface area contributed by atoms with E-state index < -0.39 is 0 Å². The van der Waals surface area contributed by atoms with Crippen LogP contribution >= 0.6 is 15.9 Å². The Kier molecular flexibility index (Phi) is 2.74. The summed E-state index contributed by atoms with van der Waals surface area (Å²) in [6.45, 7) is 0.799. The van der Waals surface area contributed by atoms with Crippen LogP contribution < -0.4 is 15.2 Å². The van der Waals surface area contributed by atoms with E-state index in [1.54, 1.807) is 0 Å². The summed E-state index contributed by atoms with van der Waals surface area (Å²) in [7, 11) is 0. The Morgan fingerprint density at radius 1 is 1.36 bits per heavy atom. The van der Waals surface area contributed by atoms with Gasteiger partial charge in [0.2, 0.25) is 6.79 Å². The summed E-state index contributed by atoms with van der Waals surface area (Å²) < 4.78 is 11.6. The van der Waals surface area contributed by atoms with Gasteiger partial charge in [-0.1, -0.05) is 12.2 Å². The second-order valence-electron chi connectivity index (χ2n) is 2.84. The van der Waals surface area contributed by atoms with Gasteiger partial charge in [-0.15, -0.1) is 0 Å². The Morgan fingerprint density at radius 3 is 2.93 bits per heavy atom. The number of hydrogen-bond acceptors (Lipinski definition) is 3. The highest BCUT2D eigenvalue weighted by Gasteiger charge is 2.19. The number of ether oxygens (including phenoxy) is 2. The minimum absolute atomic E-state index is 0.279. The summed E-state index contributed by atoms with van der Waals surface area (Å²) in [5.41, 5.74) is 6.38. The van der Waals surface area contributed by atoms with Crippen molar-refractivity contribution in [3.63, 3.8) is 0 Å². The highest BCUT2D eigenvalue weighted by atomic mass is 79.9. The standard InChI is InChI=1S/C10H10BrNO2/c11-8-4-3-7(2-1-5-12)9-10(8)14-6-13-9/h1-4H,5-6,12H2/b2-1+. The molecule has 0 saturated carbocycles. The molecule has 0 spiro atoms. The van der Waals surface area contributed by atoms with Crippen molar-refractivity contribution >= 4 is 22.0 Å². The van der Waals surface area contributed by atoms with Crippen LogP contribution in [0.1, 0.15) is 5.56 Å².